The highest BCUT2D eigenvalue weighted by molar-refractivity contribution is 5.30. The first kappa shape index (κ1) is 13.8. The second kappa shape index (κ2) is 5.98. The van der Waals surface area contributed by atoms with Crippen LogP contribution in [0, 0.1) is 19.7 Å². The Morgan fingerprint density at radius 2 is 1.84 bits per heavy atom. The van der Waals surface area contributed by atoms with E-state index in [-0.39, 0.29) is 11.9 Å². The van der Waals surface area contributed by atoms with Crippen molar-refractivity contribution in [1.29, 1.82) is 0 Å². The van der Waals surface area contributed by atoms with Gasteiger partial charge in [0, 0.05) is 18.2 Å². The summed E-state index contributed by atoms with van der Waals surface area (Å²) in [5.74, 6) is -0.150. The fourth-order valence-electron chi connectivity index (χ4n) is 2.24. The molecule has 19 heavy (non-hydrogen) atoms. The van der Waals surface area contributed by atoms with Crippen LogP contribution in [0.5, 0.6) is 0 Å². The number of hydrogen-bond acceptors (Lipinski definition) is 1. The highest BCUT2D eigenvalue weighted by Crippen LogP contribution is 2.17. The summed E-state index contributed by atoms with van der Waals surface area (Å²) in [5.41, 5.74) is 4.51. The number of benzene rings is 2. The minimum Gasteiger partial charge on any atom is -0.306 e. The quantitative estimate of drug-likeness (QED) is 0.861. The molecule has 2 aromatic carbocycles. The fourth-order valence-corrected chi connectivity index (χ4v) is 2.24. The standard InChI is InChI=1S/C17H20FN/c1-12-8-9-15(13(2)10-12)11-19-14(3)16-6-4-5-7-17(16)18/h4-10,14,19H,11H2,1-3H3. The van der Waals surface area contributed by atoms with Crippen molar-refractivity contribution < 1.29 is 4.39 Å². The van der Waals surface area contributed by atoms with Gasteiger partial charge in [0.1, 0.15) is 5.82 Å². The fraction of sp³-hybridized carbons (Fsp3) is 0.294. The SMILES string of the molecule is Cc1ccc(CNC(C)c2ccccc2F)c(C)c1. The minimum atomic E-state index is -0.150. The molecule has 0 aliphatic rings. The molecule has 0 radical (unpaired) electrons. The zero-order valence-corrected chi connectivity index (χ0v) is 11.7. The van der Waals surface area contributed by atoms with Crippen molar-refractivity contribution in [2.24, 2.45) is 0 Å². The van der Waals surface area contributed by atoms with Crippen LogP contribution in [-0.2, 0) is 6.54 Å². The highest BCUT2D eigenvalue weighted by Gasteiger charge is 2.09. The predicted octanol–water partition coefficient (Wildman–Crippen LogP) is 4.29. The molecule has 0 amide bonds. The van der Waals surface area contributed by atoms with Crippen LogP contribution in [0.4, 0.5) is 4.39 Å². The van der Waals surface area contributed by atoms with Gasteiger partial charge in [-0.15, -0.1) is 0 Å². The molecule has 2 aromatic rings. The number of hydrogen-bond donors (Lipinski definition) is 1. The lowest BCUT2D eigenvalue weighted by molar-refractivity contribution is 0.527. The van der Waals surface area contributed by atoms with Crippen LogP contribution in [0.1, 0.15) is 35.2 Å². The van der Waals surface area contributed by atoms with Crippen molar-refractivity contribution in [2.45, 2.75) is 33.4 Å². The second-order valence-electron chi connectivity index (χ2n) is 5.05. The maximum Gasteiger partial charge on any atom is 0.127 e. The predicted molar refractivity (Wildman–Crippen MR) is 77.6 cm³/mol. The van der Waals surface area contributed by atoms with E-state index in [0.717, 1.165) is 6.54 Å². The largest absolute Gasteiger partial charge is 0.306 e. The lowest BCUT2D eigenvalue weighted by Crippen LogP contribution is -2.19. The summed E-state index contributed by atoms with van der Waals surface area (Å²) in [5, 5.41) is 3.38. The summed E-state index contributed by atoms with van der Waals surface area (Å²) >= 11 is 0. The van der Waals surface area contributed by atoms with Gasteiger partial charge in [0.05, 0.1) is 0 Å². The molecule has 0 spiro atoms. The van der Waals surface area contributed by atoms with Gasteiger partial charge in [-0.25, -0.2) is 4.39 Å². The first-order chi connectivity index (χ1) is 9.08. The Morgan fingerprint density at radius 3 is 2.53 bits per heavy atom. The molecule has 0 bridgehead atoms. The molecule has 0 aromatic heterocycles. The van der Waals surface area contributed by atoms with E-state index in [2.05, 4.69) is 37.4 Å². The molecule has 0 heterocycles. The van der Waals surface area contributed by atoms with Crippen LogP contribution >= 0.6 is 0 Å². The van der Waals surface area contributed by atoms with E-state index in [1.54, 1.807) is 6.07 Å². The lowest BCUT2D eigenvalue weighted by Gasteiger charge is -2.16. The van der Waals surface area contributed by atoms with E-state index in [1.165, 1.54) is 22.8 Å². The van der Waals surface area contributed by atoms with Gasteiger partial charge in [-0.3, -0.25) is 0 Å². The third kappa shape index (κ3) is 3.42. The highest BCUT2D eigenvalue weighted by atomic mass is 19.1. The second-order valence-corrected chi connectivity index (χ2v) is 5.05. The molecule has 1 unspecified atom stereocenters. The molecule has 0 fully saturated rings. The van der Waals surface area contributed by atoms with Gasteiger partial charge in [0.2, 0.25) is 0 Å². The van der Waals surface area contributed by atoms with Crippen LogP contribution in [-0.4, -0.2) is 0 Å². The van der Waals surface area contributed by atoms with Crippen molar-refractivity contribution in [3.05, 3.63) is 70.5 Å². The summed E-state index contributed by atoms with van der Waals surface area (Å²) in [6, 6.07) is 13.3. The van der Waals surface area contributed by atoms with Crippen LogP contribution in [0.2, 0.25) is 0 Å². The molecule has 1 N–H and O–H groups in total. The monoisotopic (exact) mass is 257 g/mol. The molecule has 0 aliphatic carbocycles. The Labute approximate surface area is 114 Å². The van der Waals surface area contributed by atoms with E-state index >= 15 is 0 Å². The number of aryl methyl sites for hydroxylation is 2. The first-order valence-corrected chi connectivity index (χ1v) is 6.62. The van der Waals surface area contributed by atoms with Crippen LogP contribution < -0.4 is 5.32 Å². The average Bonchev–Trinajstić information content (AvgIpc) is 2.38. The van der Waals surface area contributed by atoms with Crippen LogP contribution in [0.25, 0.3) is 0 Å². The minimum absolute atomic E-state index is 0.00176. The molecule has 2 rings (SSSR count). The normalized spacial score (nSPS) is 12.4. The maximum absolute atomic E-state index is 13.7. The molecular weight excluding hydrogens is 237 g/mol. The first-order valence-electron chi connectivity index (χ1n) is 6.62. The topological polar surface area (TPSA) is 12.0 Å². The summed E-state index contributed by atoms with van der Waals surface area (Å²) in [6.07, 6.45) is 0. The van der Waals surface area contributed by atoms with Crippen molar-refractivity contribution in [2.75, 3.05) is 0 Å². The zero-order valence-electron chi connectivity index (χ0n) is 11.7. The van der Waals surface area contributed by atoms with E-state index < -0.39 is 0 Å². The van der Waals surface area contributed by atoms with Crippen molar-refractivity contribution >= 4 is 0 Å². The molecule has 1 nitrogen and oxygen atoms in total. The lowest BCUT2D eigenvalue weighted by atomic mass is 10.0. The zero-order chi connectivity index (χ0) is 13.8. The summed E-state index contributed by atoms with van der Waals surface area (Å²) in [6.45, 7) is 6.94. The van der Waals surface area contributed by atoms with Gasteiger partial charge in [0.25, 0.3) is 0 Å². The van der Waals surface area contributed by atoms with E-state index in [4.69, 9.17) is 0 Å². The molecule has 1 atom stereocenters. The van der Waals surface area contributed by atoms with Gasteiger partial charge in [-0.2, -0.15) is 0 Å². The van der Waals surface area contributed by atoms with E-state index in [0.29, 0.717) is 5.56 Å². The molecule has 0 saturated carbocycles. The van der Waals surface area contributed by atoms with Gasteiger partial charge in [-0.1, -0.05) is 42.0 Å². The molecule has 2 heteroatoms. The van der Waals surface area contributed by atoms with E-state index in [1.807, 2.05) is 19.1 Å². The molecule has 0 saturated heterocycles. The Hall–Kier alpha value is -1.67. The van der Waals surface area contributed by atoms with Gasteiger partial charge >= 0.3 is 0 Å². The third-order valence-corrected chi connectivity index (χ3v) is 3.47. The number of rotatable bonds is 4. The van der Waals surface area contributed by atoms with Crippen LogP contribution in [0.3, 0.4) is 0 Å². The number of halogens is 1. The average molecular weight is 257 g/mol. The van der Waals surface area contributed by atoms with Gasteiger partial charge < -0.3 is 5.32 Å². The van der Waals surface area contributed by atoms with Gasteiger partial charge in [0.15, 0.2) is 0 Å². The summed E-state index contributed by atoms with van der Waals surface area (Å²) in [4.78, 5) is 0. The van der Waals surface area contributed by atoms with E-state index in [9.17, 15) is 4.39 Å². The van der Waals surface area contributed by atoms with Crippen molar-refractivity contribution in [3.8, 4) is 0 Å². The Bertz CT molecular complexity index is 563. The van der Waals surface area contributed by atoms with Crippen LogP contribution in [0.15, 0.2) is 42.5 Å². The Kier molecular flexibility index (Phi) is 4.33. The smallest absolute Gasteiger partial charge is 0.127 e. The molecule has 0 aliphatic heterocycles. The summed E-state index contributed by atoms with van der Waals surface area (Å²) < 4.78 is 13.7. The third-order valence-electron chi connectivity index (χ3n) is 3.47. The van der Waals surface area contributed by atoms with Crippen molar-refractivity contribution in [1.82, 2.24) is 5.32 Å². The number of nitrogens with one attached hydrogen (secondary N) is 1. The van der Waals surface area contributed by atoms with Crippen molar-refractivity contribution in [3.63, 3.8) is 0 Å². The molecular formula is C17H20FN. The summed E-state index contributed by atoms with van der Waals surface area (Å²) in [7, 11) is 0. The van der Waals surface area contributed by atoms with Gasteiger partial charge in [-0.05, 0) is 38.0 Å². The maximum atomic E-state index is 13.7. The Morgan fingerprint density at radius 1 is 1.11 bits per heavy atom. The molecule has 100 valence electrons. The Balaban J connectivity index is 2.04.